The summed E-state index contributed by atoms with van der Waals surface area (Å²) >= 11 is 4.34. The Labute approximate surface area is 216 Å². The third-order valence-electron chi connectivity index (χ3n) is 5.22. The molecule has 1 atom stereocenters. The smallest absolute Gasteiger partial charge is 0.336 e. The van der Waals surface area contributed by atoms with Crippen molar-refractivity contribution < 1.29 is 23.8 Å². The molecule has 7 nitrogen and oxygen atoms in total. The zero-order chi connectivity index (χ0) is 26.7. The van der Waals surface area contributed by atoms with Crippen LogP contribution >= 0.6 is 12.6 Å². The Morgan fingerprint density at radius 1 is 1.11 bits per heavy atom. The molecule has 0 unspecified atom stereocenters. The summed E-state index contributed by atoms with van der Waals surface area (Å²) in [5.74, 6) is -1.07. The molecular weight excluding hydrogens is 481 g/mol. The van der Waals surface area contributed by atoms with Crippen molar-refractivity contribution in [1.82, 2.24) is 15.3 Å². The number of thiol groups is 1. The molecule has 1 amide bonds. The minimum atomic E-state index is -1.06. The second-order valence-electron chi connectivity index (χ2n) is 8.45. The monoisotopic (exact) mass is 515 g/mol. The normalized spacial score (nSPS) is 11.4. The molecule has 0 aliphatic heterocycles. The fraction of sp³-hybridized carbons (Fsp3) is 0.370. The van der Waals surface area contributed by atoms with E-state index in [0.717, 1.165) is 24.2 Å². The van der Waals surface area contributed by atoms with E-state index in [-0.39, 0.29) is 16.7 Å². The Morgan fingerprint density at radius 2 is 1.75 bits per heavy atom. The summed E-state index contributed by atoms with van der Waals surface area (Å²) in [6.45, 7) is 9.08. The van der Waals surface area contributed by atoms with E-state index in [1.807, 2.05) is 13.8 Å². The maximum atomic E-state index is 13.5. The van der Waals surface area contributed by atoms with Gasteiger partial charge >= 0.3 is 5.97 Å². The summed E-state index contributed by atoms with van der Waals surface area (Å²) in [7, 11) is 0. The van der Waals surface area contributed by atoms with Crippen LogP contribution in [-0.2, 0) is 17.8 Å². The standard InChI is InChI=1S/C14H25N3O2S.C13H9FO2/c1-5-10-11(17-14(16-10)19-6-2)8-15-13(18)12(20)7-9(3)4;14-12-8-4-3-6-10(12)9-5-1-2-7-11(9)13(15)16/h9,12,20H,5-8H2,1-4H3,(H,15,18)(H,16,17);1-8H,(H,15,16)/t12-;/m0./s1. The Kier molecular flexibility index (Phi) is 11.5. The highest BCUT2D eigenvalue weighted by atomic mass is 32.1. The van der Waals surface area contributed by atoms with Gasteiger partial charge in [0.05, 0.1) is 35.4 Å². The van der Waals surface area contributed by atoms with Crippen LogP contribution < -0.4 is 10.1 Å². The molecule has 0 bridgehead atoms. The molecule has 194 valence electrons. The van der Waals surface area contributed by atoms with Gasteiger partial charge < -0.3 is 20.1 Å². The summed E-state index contributed by atoms with van der Waals surface area (Å²) < 4.78 is 18.9. The topological polar surface area (TPSA) is 104 Å². The summed E-state index contributed by atoms with van der Waals surface area (Å²) in [5.41, 5.74) is 2.63. The number of carbonyl (C=O) groups excluding carboxylic acids is 1. The van der Waals surface area contributed by atoms with Crippen LogP contribution in [0.15, 0.2) is 48.5 Å². The third-order valence-corrected chi connectivity index (χ3v) is 5.66. The van der Waals surface area contributed by atoms with Crippen LogP contribution in [0.5, 0.6) is 6.01 Å². The van der Waals surface area contributed by atoms with Crippen LogP contribution in [0, 0.1) is 11.7 Å². The van der Waals surface area contributed by atoms with Gasteiger partial charge in [-0.3, -0.25) is 4.79 Å². The molecule has 0 aliphatic rings. The lowest BCUT2D eigenvalue weighted by molar-refractivity contribution is -0.121. The second kappa shape index (κ2) is 14.3. The quantitative estimate of drug-likeness (QED) is 0.266. The molecule has 1 heterocycles. The van der Waals surface area contributed by atoms with Gasteiger partial charge in [-0.25, -0.2) is 14.2 Å². The number of aromatic nitrogens is 2. The highest BCUT2D eigenvalue weighted by molar-refractivity contribution is 7.81. The van der Waals surface area contributed by atoms with Crippen LogP contribution in [0.1, 0.15) is 55.9 Å². The third kappa shape index (κ3) is 8.41. The van der Waals surface area contributed by atoms with Gasteiger partial charge in [-0.1, -0.05) is 57.2 Å². The zero-order valence-electron chi connectivity index (χ0n) is 21.0. The average Bonchev–Trinajstić information content (AvgIpc) is 3.24. The number of rotatable bonds is 10. The molecule has 36 heavy (non-hydrogen) atoms. The minimum absolute atomic E-state index is 0.0448. The molecule has 3 rings (SSSR count). The number of aryl methyl sites for hydroxylation is 1. The first-order chi connectivity index (χ1) is 17.2. The number of hydrogen-bond donors (Lipinski definition) is 4. The van der Waals surface area contributed by atoms with E-state index in [9.17, 15) is 14.0 Å². The second-order valence-corrected chi connectivity index (χ2v) is 9.07. The number of carboxylic acid groups (broad SMARTS) is 1. The summed E-state index contributed by atoms with van der Waals surface area (Å²) in [6, 6.07) is 13.0. The van der Waals surface area contributed by atoms with Crippen molar-refractivity contribution >= 4 is 24.5 Å². The molecule has 0 spiro atoms. The van der Waals surface area contributed by atoms with Crippen molar-refractivity contribution in [3.05, 3.63) is 71.3 Å². The molecular formula is C27H34FN3O4S. The Balaban J connectivity index is 0.000000259. The number of halogens is 1. The molecule has 0 fully saturated rings. The van der Waals surface area contributed by atoms with Gasteiger partial charge in [-0.05, 0) is 43.4 Å². The number of carboxylic acids is 1. The molecule has 0 saturated carbocycles. The predicted molar refractivity (Wildman–Crippen MR) is 142 cm³/mol. The number of nitrogens with zero attached hydrogens (tertiary/aromatic N) is 1. The van der Waals surface area contributed by atoms with Gasteiger partial charge in [-0.15, -0.1) is 0 Å². The number of aromatic amines is 1. The lowest BCUT2D eigenvalue weighted by Gasteiger charge is -2.13. The van der Waals surface area contributed by atoms with Gasteiger partial charge in [0.2, 0.25) is 5.91 Å². The molecule has 3 aromatic rings. The predicted octanol–water partition coefficient (Wildman–Crippen LogP) is 5.52. The highest BCUT2D eigenvalue weighted by Crippen LogP contribution is 2.26. The SMILES string of the molecule is CCOc1nc(CC)c(CNC(=O)[C@@H](S)CC(C)C)[nH]1.O=C(O)c1ccccc1-c1ccccc1F. The molecule has 0 aliphatic carbocycles. The van der Waals surface area contributed by atoms with E-state index in [1.165, 1.54) is 12.1 Å². The van der Waals surface area contributed by atoms with Crippen molar-refractivity contribution in [2.75, 3.05) is 6.61 Å². The maximum absolute atomic E-state index is 13.5. The Hall–Kier alpha value is -3.33. The number of hydrogen-bond acceptors (Lipinski definition) is 5. The average molecular weight is 516 g/mol. The number of benzene rings is 2. The Bertz CT molecular complexity index is 1150. The van der Waals surface area contributed by atoms with Gasteiger partial charge in [-0.2, -0.15) is 12.6 Å². The lowest BCUT2D eigenvalue weighted by Crippen LogP contribution is -2.32. The number of imidazole rings is 1. The van der Waals surface area contributed by atoms with Crippen molar-refractivity contribution in [2.45, 2.75) is 52.3 Å². The van der Waals surface area contributed by atoms with E-state index in [4.69, 9.17) is 9.84 Å². The first-order valence-electron chi connectivity index (χ1n) is 11.9. The van der Waals surface area contributed by atoms with Gasteiger partial charge in [0.15, 0.2) is 0 Å². The first-order valence-corrected chi connectivity index (χ1v) is 12.4. The Morgan fingerprint density at radius 3 is 2.33 bits per heavy atom. The van der Waals surface area contributed by atoms with E-state index < -0.39 is 11.8 Å². The van der Waals surface area contributed by atoms with E-state index in [0.29, 0.717) is 36.2 Å². The van der Waals surface area contributed by atoms with Crippen molar-refractivity contribution in [2.24, 2.45) is 5.92 Å². The molecule has 0 saturated heterocycles. The lowest BCUT2D eigenvalue weighted by atomic mass is 9.99. The van der Waals surface area contributed by atoms with Gasteiger partial charge in [0.1, 0.15) is 5.82 Å². The molecule has 2 aromatic carbocycles. The number of aromatic carboxylic acids is 1. The van der Waals surface area contributed by atoms with Crippen LogP contribution in [0.25, 0.3) is 11.1 Å². The number of carbonyl (C=O) groups is 2. The van der Waals surface area contributed by atoms with Crippen LogP contribution in [0.3, 0.4) is 0 Å². The fourth-order valence-corrected chi connectivity index (χ4v) is 4.01. The van der Waals surface area contributed by atoms with Crippen molar-refractivity contribution in [3.63, 3.8) is 0 Å². The van der Waals surface area contributed by atoms with Crippen molar-refractivity contribution in [1.29, 1.82) is 0 Å². The van der Waals surface area contributed by atoms with Gasteiger partial charge in [0, 0.05) is 5.56 Å². The van der Waals surface area contributed by atoms with Crippen LogP contribution in [-0.4, -0.2) is 38.8 Å². The number of amides is 1. The zero-order valence-corrected chi connectivity index (χ0v) is 21.9. The fourth-order valence-electron chi connectivity index (χ4n) is 3.49. The first kappa shape index (κ1) is 28.9. The molecule has 3 N–H and O–H groups in total. The largest absolute Gasteiger partial charge is 0.478 e. The maximum Gasteiger partial charge on any atom is 0.336 e. The number of nitrogens with one attached hydrogen (secondary N) is 2. The minimum Gasteiger partial charge on any atom is -0.478 e. The van der Waals surface area contributed by atoms with Gasteiger partial charge in [0.25, 0.3) is 6.01 Å². The number of H-pyrrole nitrogens is 1. The number of ether oxygens (including phenoxy) is 1. The van der Waals surface area contributed by atoms with E-state index in [1.54, 1.807) is 36.4 Å². The van der Waals surface area contributed by atoms with Crippen LogP contribution in [0.4, 0.5) is 4.39 Å². The summed E-state index contributed by atoms with van der Waals surface area (Å²) in [5, 5.41) is 11.6. The molecule has 0 radical (unpaired) electrons. The molecule has 1 aromatic heterocycles. The molecule has 9 heteroatoms. The van der Waals surface area contributed by atoms with E-state index >= 15 is 0 Å². The van der Waals surface area contributed by atoms with E-state index in [2.05, 4.69) is 41.8 Å². The summed E-state index contributed by atoms with van der Waals surface area (Å²) in [4.78, 5) is 30.4. The highest BCUT2D eigenvalue weighted by Gasteiger charge is 2.17. The van der Waals surface area contributed by atoms with Crippen LogP contribution in [0.2, 0.25) is 0 Å². The van der Waals surface area contributed by atoms with Crippen molar-refractivity contribution in [3.8, 4) is 17.1 Å². The summed E-state index contributed by atoms with van der Waals surface area (Å²) in [6.07, 6.45) is 1.56.